The van der Waals surface area contributed by atoms with Crippen molar-refractivity contribution in [2.75, 3.05) is 19.7 Å². The lowest BCUT2D eigenvalue weighted by Gasteiger charge is -2.17. The zero-order valence-electron chi connectivity index (χ0n) is 10.6. The van der Waals surface area contributed by atoms with Crippen LogP contribution >= 0.6 is 0 Å². The highest BCUT2D eigenvalue weighted by Gasteiger charge is 2.11. The van der Waals surface area contributed by atoms with E-state index >= 15 is 0 Å². The molecular weight excluding hydrogens is 218 g/mol. The minimum atomic E-state index is -0.160. The molecule has 0 amide bonds. The summed E-state index contributed by atoms with van der Waals surface area (Å²) in [7, 11) is 0. The SMILES string of the molecule is CCCCOC(=O)CN(CC)Cc1ccco1. The van der Waals surface area contributed by atoms with E-state index < -0.39 is 0 Å². The van der Waals surface area contributed by atoms with Crippen LogP contribution in [0.3, 0.4) is 0 Å². The quantitative estimate of drug-likeness (QED) is 0.516. The van der Waals surface area contributed by atoms with Crippen molar-refractivity contribution >= 4 is 5.97 Å². The van der Waals surface area contributed by atoms with E-state index in [-0.39, 0.29) is 5.97 Å². The largest absolute Gasteiger partial charge is 0.468 e. The maximum absolute atomic E-state index is 11.5. The number of carbonyl (C=O) groups is 1. The summed E-state index contributed by atoms with van der Waals surface area (Å²) in [5.74, 6) is 0.708. The van der Waals surface area contributed by atoms with Crippen molar-refractivity contribution in [3.8, 4) is 0 Å². The summed E-state index contributed by atoms with van der Waals surface area (Å²) in [4.78, 5) is 13.5. The highest BCUT2D eigenvalue weighted by Crippen LogP contribution is 2.05. The lowest BCUT2D eigenvalue weighted by atomic mass is 10.3. The number of ether oxygens (including phenoxy) is 1. The van der Waals surface area contributed by atoms with Crippen molar-refractivity contribution in [2.45, 2.75) is 33.2 Å². The third kappa shape index (κ3) is 5.54. The van der Waals surface area contributed by atoms with E-state index in [0.29, 0.717) is 19.7 Å². The van der Waals surface area contributed by atoms with Crippen LogP contribution in [0, 0.1) is 0 Å². The van der Waals surface area contributed by atoms with Crippen LogP contribution < -0.4 is 0 Å². The van der Waals surface area contributed by atoms with Crippen LogP contribution in [-0.2, 0) is 16.1 Å². The Balaban J connectivity index is 2.28. The molecule has 0 fully saturated rings. The molecule has 0 bridgehead atoms. The van der Waals surface area contributed by atoms with Gasteiger partial charge in [-0.2, -0.15) is 0 Å². The zero-order chi connectivity index (χ0) is 12.5. The van der Waals surface area contributed by atoms with Crippen molar-refractivity contribution in [2.24, 2.45) is 0 Å². The molecule has 1 heterocycles. The second-order valence-electron chi connectivity index (χ2n) is 3.96. The highest BCUT2D eigenvalue weighted by atomic mass is 16.5. The van der Waals surface area contributed by atoms with Crippen LogP contribution in [0.2, 0.25) is 0 Å². The first-order valence-electron chi connectivity index (χ1n) is 6.16. The number of rotatable bonds is 8. The molecule has 0 aromatic carbocycles. The van der Waals surface area contributed by atoms with Gasteiger partial charge in [-0.25, -0.2) is 0 Å². The maximum Gasteiger partial charge on any atom is 0.320 e. The summed E-state index contributed by atoms with van der Waals surface area (Å²) in [6, 6.07) is 3.76. The predicted molar refractivity (Wildman–Crippen MR) is 65.5 cm³/mol. The van der Waals surface area contributed by atoms with Crippen molar-refractivity contribution in [3.63, 3.8) is 0 Å². The molecule has 0 aliphatic rings. The predicted octanol–water partition coefficient (Wildman–Crippen LogP) is 2.44. The smallest absolute Gasteiger partial charge is 0.320 e. The minimum absolute atomic E-state index is 0.160. The molecule has 0 atom stereocenters. The summed E-state index contributed by atoms with van der Waals surface area (Å²) in [6.07, 6.45) is 3.61. The fourth-order valence-electron chi connectivity index (χ4n) is 1.46. The molecule has 0 aliphatic heterocycles. The van der Waals surface area contributed by atoms with Crippen LogP contribution in [-0.4, -0.2) is 30.6 Å². The number of esters is 1. The Kier molecular flexibility index (Phi) is 6.40. The molecule has 96 valence electrons. The lowest BCUT2D eigenvalue weighted by Crippen LogP contribution is -2.30. The van der Waals surface area contributed by atoms with Gasteiger partial charge in [0, 0.05) is 0 Å². The van der Waals surface area contributed by atoms with Crippen LogP contribution in [0.25, 0.3) is 0 Å². The lowest BCUT2D eigenvalue weighted by molar-refractivity contribution is -0.145. The molecule has 1 aromatic heterocycles. The van der Waals surface area contributed by atoms with E-state index in [4.69, 9.17) is 9.15 Å². The van der Waals surface area contributed by atoms with E-state index in [1.165, 1.54) is 0 Å². The molecule has 0 saturated carbocycles. The third-order valence-corrected chi connectivity index (χ3v) is 2.52. The van der Waals surface area contributed by atoms with Crippen LogP contribution in [0.5, 0.6) is 0 Å². The van der Waals surface area contributed by atoms with Crippen LogP contribution in [0.1, 0.15) is 32.4 Å². The number of hydrogen-bond acceptors (Lipinski definition) is 4. The van der Waals surface area contributed by atoms with Gasteiger partial charge in [-0.1, -0.05) is 20.3 Å². The van der Waals surface area contributed by atoms with Gasteiger partial charge < -0.3 is 9.15 Å². The average Bonchev–Trinajstić information content (AvgIpc) is 2.81. The summed E-state index contributed by atoms with van der Waals surface area (Å²) in [6.45, 7) is 6.37. The summed E-state index contributed by atoms with van der Waals surface area (Å²) < 4.78 is 10.4. The van der Waals surface area contributed by atoms with Crippen molar-refractivity contribution < 1.29 is 13.9 Å². The molecule has 4 heteroatoms. The number of likely N-dealkylation sites (N-methyl/N-ethyl adjacent to an activating group) is 1. The number of unbranched alkanes of at least 4 members (excludes halogenated alkanes) is 1. The number of furan rings is 1. The Morgan fingerprint density at radius 2 is 2.29 bits per heavy atom. The van der Waals surface area contributed by atoms with Gasteiger partial charge >= 0.3 is 5.97 Å². The van der Waals surface area contributed by atoms with Gasteiger partial charge in [0.25, 0.3) is 0 Å². The Labute approximate surface area is 103 Å². The molecule has 0 radical (unpaired) electrons. The third-order valence-electron chi connectivity index (χ3n) is 2.52. The monoisotopic (exact) mass is 239 g/mol. The van der Waals surface area contributed by atoms with Gasteiger partial charge in [-0.3, -0.25) is 9.69 Å². The van der Waals surface area contributed by atoms with Gasteiger partial charge in [0.2, 0.25) is 0 Å². The molecule has 1 rings (SSSR count). The fraction of sp³-hybridized carbons (Fsp3) is 0.615. The first-order valence-corrected chi connectivity index (χ1v) is 6.16. The van der Waals surface area contributed by atoms with Crippen LogP contribution in [0.15, 0.2) is 22.8 Å². The number of hydrogen-bond donors (Lipinski definition) is 0. The number of nitrogens with zero attached hydrogens (tertiary/aromatic N) is 1. The first kappa shape index (κ1) is 13.8. The normalized spacial score (nSPS) is 10.8. The summed E-state index contributed by atoms with van der Waals surface area (Å²) in [5.41, 5.74) is 0. The Morgan fingerprint density at radius 3 is 2.88 bits per heavy atom. The second kappa shape index (κ2) is 7.90. The van der Waals surface area contributed by atoms with Crippen LogP contribution in [0.4, 0.5) is 0 Å². The fourth-order valence-corrected chi connectivity index (χ4v) is 1.46. The molecule has 0 spiro atoms. The molecule has 0 aliphatic carbocycles. The van der Waals surface area contributed by atoms with Gasteiger partial charge in [0.1, 0.15) is 5.76 Å². The minimum Gasteiger partial charge on any atom is -0.468 e. The summed E-state index contributed by atoms with van der Waals surface area (Å²) >= 11 is 0. The standard InChI is InChI=1S/C13H21NO3/c1-3-5-8-17-13(15)11-14(4-2)10-12-7-6-9-16-12/h6-7,9H,3-5,8,10-11H2,1-2H3. The molecule has 0 saturated heterocycles. The van der Waals surface area contributed by atoms with E-state index in [2.05, 4.69) is 6.92 Å². The van der Waals surface area contributed by atoms with E-state index in [1.807, 2.05) is 24.0 Å². The molecule has 0 N–H and O–H groups in total. The first-order chi connectivity index (χ1) is 8.26. The average molecular weight is 239 g/mol. The molecule has 4 nitrogen and oxygen atoms in total. The van der Waals surface area contributed by atoms with Gasteiger partial charge in [0.05, 0.1) is 26.0 Å². The summed E-state index contributed by atoms with van der Waals surface area (Å²) in [5, 5.41) is 0. The topological polar surface area (TPSA) is 42.7 Å². The Bertz CT molecular complexity index is 308. The zero-order valence-corrected chi connectivity index (χ0v) is 10.6. The van der Waals surface area contributed by atoms with E-state index in [9.17, 15) is 4.79 Å². The van der Waals surface area contributed by atoms with Crippen molar-refractivity contribution in [3.05, 3.63) is 24.2 Å². The molecular formula is C13H21NO3. The Hall–Kier alpha value is -1.29. The Morgan fingerprint density at radius 1 is 1.47 bits per heavy atom. The van der Waals surface area contributed by atoms with Gasteiger partial charge in [0.15, 0.2) is 0 Å². The second-order valence-corrected chi connectivity index (χ2v) is 3.96. The number of carbonyl (C=O) groups excluding carboxylic acids is 1. The highest BCUT2D eigenvalue weighted by molar-refractivity contribution is 5.71. The molecule has 0 unspecified atom stereocenters. The maximum atomic E-state index is 11.5. The van der Waals surface area contributed by atoms with E-state index in [1.54, 1.807) is 6.26 Å². The molecule has 17 heavy (non-hydrogen) atoms. The van der Waals surface area contributed by atoms with Gasteiger partial charge in [-0.05, 0) is 25.1 Å². The van der Waals surface area contributed by atoms with Crippen molar-refractivity contribution in [1.82, 2.24) is 4.90 Å². The molecule has 1 aromatic rings. The van der Waals surface area contributed by atoms with Gasteiger partial charge in [-0.15, -0.1) is 0 Å². The van der Waals surface area contributed by atoms with Crippen molar-refractivity contribution in [1.29, 1.82) is 0 Å². The van der Waals surface area contributed by atoms with E-state index in [0.717, 1.165) is 25.1 Å².